The first-order valence-corrected chi connectivity index (χ1v) is 10.4. The number of halogens is 1. The van der Waals surface area contributed by atoms with E-state index in [0.29, 0.717) is 16.4 Å². The Kier molecular flexibility index (Phi) is 5.73. The van der Waals surface area contributed by atoms with Crippen molar-refractivity contribution in [1.29, 1.82) is 0 Å². The van der Waals surface area contributed by atoms with Crippen LogP contribution in [0.4, 0.5) is 11.4 Å². The van der Waals surface area contributed by atoms with Crippen LogP contribution in [-0.4, -0.2) is 8.42 Å². The Labute approximate surface area is 165 Å². The highest BCUT2D eigenvalue weighted by atomic mass is 35.5. The minimum atomic E-state index is -3.72. The van der Waals surface area contributed by atoms with Crippen LogP contribution in [0, 0.1) is 6.92 Å². The second-order valence-electron chi connectivity index (χ2n) is 6.39. The smallest absolute Gasteiger partial charge is 0.261 e. The summed E-state index contributed by atoms with van der Waals surface area (Å²) < 4.78 is 28.1. The molecule has 4 nitrogen and oxygen atoms in total. The van der Waals surface area contributed by atoms with Crippen molar-refractivity contribution in [3.8, 4) is 0 Å². The van der Waals surface area contributed by atoms with Gasteiger partial charge in [0, 0.05) is 11.1 Å². The predicted octanol–water partition coefficient (Wildman–Crippen LogP) is 5.62. The van der Waals surface area contributed by atoms with Gasteiger partial charge < -0.3 is 5.32 Å². The van der Waals surface area contributed by atoms with Crippen LogP contribution in [0.1, 0.15) is 24.1 Å². The van der Waals surface area contributed by atoms with Crippen molar-refractivity contribution in [2.45, 2.75) is 24.8 Å². The Morgan fingerprint density at radius 1 is 0.889 bits per heavy atom. The first kappa shape index (κ1) is 19.3. The lowest BCUT2D eigenvalue weighted by atomic mass is 10.1. The molecule has 0 heterocycles. The standard InChI is InChI=1S/C21H21ClN2O2S/c1-15-8-11-19(12-9-15)27(25,26)24-21-14-18(22)10-13-20(21)23-16(2)17-6-4-3-5-7-17/h3-14,16,23-24H,1-2H3. The van der Waals surface area contributed by atoms with E-state index in [1.807, 2.05) is 44.2 Å². The number of hydrogen-bond acceptors (Lipinski definition) is 3. The molecular weight excluding hydrogens is 380 g/mol. The largest absolute Gasteiger partial charge is 0.377 e. The second kappa shape index (κ2) is 8.03. The first-order chi connectivity index (χ1) is 12.8. The summed E-state index contributed by atoms with van der Waals surface area (Å²) in [7, 11) is -3.72. The number of rotatable bonds is 6. The van der Waals surface area contributed by atoms with Gasteiger partial charge in [0.15, 0.2) is 0 Å². The fourth-order valence-electron chi connectivity index (χ4n) is 2.71. The molecule has 0 spiro atoms. The van der Waals surface area contributed by atoms with Crippen LogP contribution >= 0.6 is 11.6 Å². The molecule has 1 atom stereocenters. The molecule has 3 aromatic rings. The van der Waals surface area contributed by atoms with Gasteiger partial charge in [0.1, 0.15) is 0 Å². The van der Waals surface area contributed by atoms with Crippen molar-refractivity contribution in [2.24, 2.45) is 0 Å². The van der Waals surface area contributed by atoms with Gasteiger partial charge in [0.05, 0.1) is 16.3 Å². The Morgan fingerprint density at radius 3 is 2.22 bits per heavy atom. The monoisotopic (exact) mass is 400 g/mol. The third-order valence-corrected chi connectivity index (χ3v) is 5.85. The summed E-state index contributed by atoms with van der Waals surface area (Å²) in [6, 6.07) is 21.7. The third kappa shape index (κ3) is 4.81. The molecule has 6 heteroatoms. The maximum absolute atomic E-state index is 12.8. The molecule has 3 rings (SSSR count). The summed E-state index contributed by atoms with van der Waals surface area (Å²) in [4.78, 5) is 0.204. The molecule has 140 valence electrons. The summed E-state index contributed by atoms with van der Waals surface area (Å²) in [5, 5.41) is 3.80. The van der Waals surface area contributed by atoms with E-state index in [-0.39, 0.29) is 10.9 Å². The van der Waals surface area contributed by atoms with Gasteiger partial charge >= 0.3 is 0 Å². The van der Waals surface area contributed by atoms with E-state index in [1.54, 1.807) is 42.5 Å². The van der Waals surface area contributed by atoms with Crippen molar-refractivity contribution < 1.29 is 8.42 Å². The maximum Gasteiger partial charge on any atom is 0.261 e. The molecule has 0 aliphatic carbocycles. The van der Waals surface area contributed by atoms with E-state index in [9.17, 15) is 8.42 Å². The van der Waals surface area contributed by atoms with Crippen LogP contribution in [0.15, 0.2) is 77.7 Å². The minimum Gasteiger partial charge on any atom is -0.377 e. The molecule has 0 aliphatic heterocycles. The van der Waals surface area contributed by atoms with Gasteiger partial charge in [-0.3, -0.25) is 4.72 Å². The van der Waals surface area contributed by atoms with Crippen molar-refractivity contribution >= 4 is 33.0 Å². The Balaban J connectivity index is 1.89. The average molecular weight is 401 g/mol. The van der Waals surface area contributed by atoms with Crippen LogP contribution in [0.3, 0.4) is 0 Å². The molecule has 0 bridgehead atoms. The molecule has 2 N–H and O–H groups in total. The van der Waals surface area contributed by atoms with E-state index in [4.69, 9.17) is 11.6 Å². The van der Waals surface area contributed by atoms with Crippen LogP contribution in [-0.2, 0) is 10.0 Å². The van der Waals surface area contributed by atoms with E-state index in [2.05, 4.69) is 10.0 Å². The number of anilines is 2. The highest BCUT2D eigenvalue weighted by Gasteiger charge is 2.17. The van der Waals surface area contributed by atoms with Crippen LogP contribution in [0.25, 0.3) is 0 Å². The van der Waals surface area contributed by atoms with Gasteiger partial charge in [-0.1, -0.05) is 59.6 Å². The fourth-order valence-corrected chi connectivity index (χ4v) is 3.95. The molecule has 0 saturated carbocycles. The number of hydrogen-bond donors (Lipinski definition) is 2. The van der Waals surface area contributed by atoms with Gasteiger partial charge in [0.2, 0.25) is 0 Å². The molecule has 0 radical (unpaired) electrons. The zero-order chi connectivity index (χ0) is 19.4. The van der Waals surface area contributed by atoms with Gasteiger partial charge in [0.25, 0.3) is 10.0 Å². The zero-order valence-corrected chi connectivity index (χ0v) is 16.7. The SMILES string of the molecule is Cc1ccc(S(=O)(=O)Nc2cc(Cl)ccc2NC(C)c2ccccc2)cc1. The summed E-state index contributed by atoms with van der Waals surface area (Å²) >= 11 is 6.10. The van der Waals surface area contributed by atoms with E-state index < -0.39 is 10.0 Å². The normalized spacial score (nSPS) is 12.4. The molecular formula is C21H21ClN2O2S. The van der Waals surface area contributed by atoms with Gasteiger partial charge in [-0.25, -0.2) is 8.42 Å². The lowest BCUT2D eigenvalue weighted by molar-refractivity contribution is 0.601. The van der Waals surface area contributed by atoms with Gasteiger partial charge in [-0.05, 0) is 49.7 Å². The fraction of sp³-hybridized carbons (Fsp3) is 0.143. The molecule has 0 amide bonds. The molecule has 3 aromatic carbocycles. The second-order valence-corrected chi connectivity index (χ2v) is 8.50. The molecule has 0 fully saturated rings. The topological polar surface area (TPSA) is 58.2 Å². The number of aryl methyl sites for hydroxylation is 1. The van der Waals surface area contributed by atoms with Crippen molar-refractivity contribution in [3.63, 3.8) is 0 Å². The summed E-state index contributed by atoms with van der Waals surface area (Å²) in [6.07, 6.45) is 0. The van der Waals surface area contributed by atoms with Gasteiger partial charge in [-0.15, -0.1) is 0 Å². The van der Waals surface area contributed by atoms with Crippen LogP contribution in [0.5, 0.6) is 0 Å². The Bertz CT molecular complexity index is 1020. The third-order valence-electron chi connectivity index (χ3n) is 4.23. The van der Waals surface area contributed by atoms with E-state index in [0.717, 1.165) is 11.1 Å². The highest BCUT2D eigenvalue weighted by Crippen LogP contribution is 2.31. The number of sulfonamides is 1. The van der Waals surface area contributed by atoms with Crippen molar-refractivity contribution in [3.05, 3.63) is 88.9 Å². The molecule has 1 unspecified atom stereocenters. The molecule has 0 aromatic heterocycles. The predicted molar refractivity (Wildman–Crippen MR) is 112 cm³/mol. The van der Waals surface area contributed by atoms with Gasteiger partial charge in [-0.2, -0.15) is 0 Å². The summed E-state index contributed by atoms with van der Waals surface area (Å²) in [5.74, 6) is 0. The minimum absolute atomic E-state index is 0.00463. The van der Waals surface area contributed by atoms with Crippen molar-refractivity contribution in [2.75, 3.05) is 10.0 Å². The lowest BCUT2D eigenvalue weighted by Crippen LogP contribution is -2.15. The molecule has 0 saturated heterocycles. The van der Waals surface area contributed by atoms with E-state index in [1.165, 1.54) is 0 Å². The number of nitrogens with one attached hydrogen (secondary N) is 2. The van der Waals surface area contributed by atoms with E-state index >= 15 is 0 Å². The number of benzene rings is 3. The van der Waals surface area contributed by atoms with Crippen LogP contribution in [0.2, 0.25) is 5.02 Å². The van der Waals surface area contributed by atoms with Crippen LogP contribution < -0.4 is 10.0 Å². The average Bonchev–Trinajstić information content (AvgIpc) is 2.64. The Morgan fingerprint density at radius 2 is 1.56 bits per heavy atom. The summed E-state index contributed by atoms with van der Waals surface area (Å²) in [5.41, 5.74) is 3.16. The lowest BCUT2D eigenvalue weighted by Gasteiger charge is -2.19. The first-order valence-electron chi connectivity index (χ1n) is 8.56. The Hall–Kier alpha value is -2.50. The highest BCUT2D eigenvalue weighted by molar-refractivity contribution is 7.92. The summed E-state index contributed by atoms with van der Waals surface area (Å²) in [6.45, 7) is 3.93. The zero-order valence-electron chi connectivity index (χ0n) is 15.1. The molecule has 0 aliphatic rings. The molecule has 27 heavy (non-hydrogen) atoms. The maximum atomic E-state index is 12.8. The van der Waals surface area contributed by atoms with Crippen molar-refractivity contribution in [1.82, 2.24) is 0 Å². The quantitative estimate of drug-likeness (QED) is 0.564.